The molecule has 21 heavy (non-hydrogen) atoms. The molecule has 0 aliphatic carbocycles. The normalized spacial score (nSPS) is 11.1. The Morgan fingerprint density at radius 3 is 2.62 bits per heavy atom. The van der Waals surface area contributed by atoms with Gasteiger partial charge in [0.05, 0.1) is 23.9 Å². The largest absolute Gasteiger partial charge is 0.465 e. The van der Waals surface area contributed by atoms with Crippen LogP contribution in [0.1, 0.15) is 21.6 Å². The Labute approximate surface area is 122 Å². The second kappa shape index (κ2) is 5.63. The highest BCUT2D eigenvalue weighted by Crippen LogP contribution is 2.17. The number of para-hydroxylation sites is 1. The van der Waals surface area contributed by atoms with Crippen molar-refractivity contribution in [3.8, 4) is 0 Å². The fourth-order valence-corrected chi connectivity index (χ4v) is 2.14. The second-order valence-corrected chi connectivity index (χ2v) is 4.60. The van der Waals surface area contributed by atoms with E-state index in [-0.39, 0.29) is 5.97 Å². The fourth-order valence-electron chi connectivity index (χ4n) is 2.14. The molecule has 4 nitrogen and oxygen atoms in total. The Morgan fingerprint density at radius 2 is 1.86 bits per heavy atom. The first kappa shape index (κ1) is 13.1. The molecule has 3 rings (SSSR count). The Hall–Kier alpha value is -2.88. The van der Waals surface area contributed by atoms with Crippen LogP contribution in [0.15, 0.2) is 48.5 Å². The van der Waals surface area contributed by atoms with Gasteiger partial charge < -0.3 is 4.74 Å². The first-order chi connectivity index (χ1) is 10.3. The lowest BCUT2D eigenvalue weighted by atomic mass is 10.1. The minimum Gasteiger partial charge on any atom is -0.465 e. The molecule has 0 amide bonds. The minimum atomic E-state index is -0.330. The molecule has 0 atom stereocenters. The van der Waals surface area contributed by atoms with E-state index >= 15 is 0 Å². The predicted octanol–water partition coefficient (Wildman–Crippen LogP) is 3.52. The van der Waals surface area contributed by atoms with Gasteiger partial charge in [-0.2, -0.15) is 5.10 Å². The van der Waals surface area contributed by atoms with Gasteiger partial charge in [-0.3, -0.25) is 5.10 Å². The molecule has 0 radical (unpaired) electrons. The van der Waals surface area contributed by atoms with Crippen LogP contribution in [-0.2, 0) is 4.74 Å². The van der Waals surface area contributed by atoms with Gasteiger partial charge >= 0.3 is 5.97 Å². The van der Waals surface area contributed by atoms with E-state index in [0.717, 1.165) is 22.2 Å². The Morgan fingerprint density at radius 1 is 1.10 bits per heavy atom. The maximum absolute atomic E-state index is 11.4. The number of fused-ring (bicyclic) bond motifs is 1. The molecular formula is C17H14N2O2. The van der Waals surface area contributed by atoms with Crippen molar-refractivity contribution in [2.24, 2.45) is 0 Å². The molecule has 0 unspecified atom stereocenters. The molecule has 1 N–H and O–H groups in total. The minimum absolute atomic E-state index is 0.330. The summed E-state index contributed by atoms with van der Waals surface area (Å²) in [6.07, 6.45) is 3.91. The number of nitrogens with zero attached hydrogens (tertiary/aromatic N) is 1. The van der Waals surface area contributed by atoms with Gasteiger partial charge in [0.1, 0.15) is 0 Å². The van der Waals surface area contributed by atoms with Crippen molar-refractivity contribution in [2.75, 3.05) is 7.11 Å². The van der Waals surface area contributed by atoms with E-state index in [0.29, 0.717) is 5.56 Å². The maximum Gasteiger partial charge on any atom is 0.337 e. The summed E-state index contributed by atoms with van der Waals surface area (Å²) >= 11 is 0. The average molecular weight is 278 g/mol. The molecule has 1 aromatic heterocycles. The van der Waals surface area contributed by atoms with Gasteiger partial charge in [-0.15, -0.1) is 0 Å². The van der Waals surface area contributed by atoms with Gasteiger partial charge in [0.15, 0.2) is 0 Å². The highest BCUT2D eigenvalue weighted by Gasteiger charge is 2.04. The number of rotatable bonds is 3. The van der Waals surface area contributed by atoms with E-state index in [9.17, 15) is 4.79 Å². The summed E-state index contributed by atoms with van der Waals surface area (Å²) in [6.45, 7) is 0. The Bertz CT molecular complexity index is 801. The number of methoxy groups -OCH3 is 1. The van der Waals surface area contributed by atoms with Gasteiger partial charge in [0, 0.05) is 5.39 Å². The third-order valence-electron chi connectivity index (χ3n) is 3.27. The van der Waals surface area contributed by atoms with Crippen LogP contribution in [-0.4, -0.2) is 23.3 Å². The fraction of sp³-hybridized carbons (Fsp3) is 0.0588. The first-order valence-electron chi connectivity index (χ1n) is 6.57. The second-order valence-electron chi connectivity index (χ2n) is 4.60. The topological polar surface area (TPSA) is 55.0 Å². The highest BCUT2D eigenvalue weighted by atomic mass is 16.5. The summed E-state index contributed by atoms with van der Waals surface area (Å²) in [5, 5.41) is 8.36. The van der Waals surface area contributed by atoms with Crippen LogP contribution < -0.4 is 0 Å². The van der Waals surface area contributed by atoms with E-state index < -0.39 is 0 Å². The summed E-state index contributed by atoms with van der Waals surface area (Å²) in [4.78, 5) is 11.4. The standard InChI is InChI=1S/C17H14N2O2/c1-21-17(20)13-9-6-12(7-10-13)8-11-16-14-4-2-3-5-15(14)18-19-16/h2-11H,1H3,(H,18,19). The zero-order chi connectivity index (χ0) is 14.7. The quantitative estimate of drug-likeness (QED) is 0.746. The van der Waals surface area contributed by atoms with E-state index in [1.165, 1.54) is 7.11 Å². The first-order valence-corrected chi connectivity index (χ1v) is 6.57. The number of aromatic amines is 1. The lowest BCUT2D eigenvalue weighted by Gasteiger charge is -1.99. The summed E-state index contributed by atoms with van der Waals surface area (Å²) in [5.41, 5.74) is 3.44. The Kier molecular flexibility index (Phi) is 3.51. The highest BCUT2D eigenvalue weighted by molar-refractivity contribution is 5.91. The smallest absolute Gasteiger partial charge is 0.337 e. The van der Waals surface area contributed by atoms with Gasteiger partial charge in [0.2, 0.25) is 0 Å². The average Bonchev–Trinajstić information content (AvgIpc) is 2.96. The summed E-state index contributed by atoms with van der Waals surface area (Å²) in [7, 11) is 1.37. The van der Waals surface area contributed by atoms with Crippen molar-refractivity contribution in [3.05, 3.63) is 65.4 Å². The molecule has 104 valence electrons. The van der Waals surface area contributed by atoms with E-state index in [4.69, 9.17) is 0 Å². The van der Waals surface area contributed by atoms with Gasteiger partial charge in [0.25, 0.3) is 0 Å². The number of nitrogens with one attached hydrogen (secondary N) is 1. The zero-order valence-corrected chi connectivity index (χ0v) is 11.5. The molecule has 1 heterocycles. The van der Waals surface area contributed by atoms with Crippen molar-refractivity contribution >= 4 is 29.0 Å². The van der Waals surface area contributed by atoms with Crippen molar-refractivity contribution in [1.82, 2.24) is 10.2 Å². The number of benzene rings is 2. The molecule has 0 aliphatic heterocycles. The van der Waals surface area contributed by atoms with E-state index in [2.05, 4.69) is 14.9 Å². The molecule has 2 aromatic carbocycles. The monoisotopic (exact) mass is 278 g/mol. The molecular weight excluding hydrogens is 264 g/mol. The molecule has 0 spiro atoms. The molecule has 3 aromatic rings. The van der Waals surface area contributed by atoms with Gasteiger partial charge in [-0.25, -0.2) is 4.79 Å². The van der Waals surface area contributed by atoms with Crippen molar-refractivity contribution in [1.29, 1.82) is 0 Å². The van der Waals surface area contributed by atoms with Crippen LogP contribution in [0.2, 0.25) is 0 Å². The lowest BCUT2D eigenvalue weighted by molar-refractivity contribution is 0.0601. The molecule has 0 fully saturated rings. The maximum atomic E-state index is 11.4. The Balaban J connectivity index is 1.84. The number of H-pyrrole nitrogens is 1. The molecule has 0 saturated carbocycles. The summed E-state index contributed by atoms with van der Waals surface area (Å²) in [5.74, 6) is -0.330. The van der Waals surface area contributed by atoms with E-state index in [1.807, 2.05) is 48.6 Å². The third-order valence-corrected chi connectivity index (χ3v) is 3.27. The number of hydrogen-bond acceptors (Lipinski definition) is 3. The van der Waals surface area contributed by atoms with Crippen LogP contribution in [0.25, 0.3) is 23.1 Å². The molecule has 0 bridgehead atoms. The predicted molar refractivity (Wildman–Crippen MR) is 82.8 cm³/mol. The third kappa shape index (κ3) is 2.69. The number of ether oxygens (including phenoxy) is 1. The van der Waals surface area contributed by atoms with Crippen LogP contribution in [0, 0.1) is 0 Å². The summed E-state index contributed by atoms with van der Waals surface area (Å²) in [6, 6.07) is 15.2. The van der Waals surface area contributed by atoms with E-state index in [1.54, 1.807) is 12.1 Å². The number of esters is 1. The summed E-state index contributed by atoms with van der Waals surface area (Å²) < 4.78 is 4.67. The van der Waals surface area contributed by atoms with Crippen LogP contribution in [0.3, 0.4) is 0 Å². The van der Waals surface area contributed by atoms with Crippen molar-refractivity contribution < 1.29 is 9.53 Å². The van der Waals surface area contributed by atoms with Gasteiger partial charge in [-0.1, -0.05) is 36.4 Å². The molecule has 0 aliphatic rings. The van der Waals surface area contributed by atoms with Crippen LogP contribution in [0.5, 0.6) is 0 Å². The number of hydrogen-bond donors (Lipinski definition) is 1. The molecule has 0 saturated heterocycles. The van der Waals surface area contributed by atoms with Crippen LogP contribution >= 0.6 is 0 Å². The van der Waals surface area contributed by atoms with Gasteiger partial charge in [-0.05, 0) is 29.8 Å². The van der Waals surface area contributed by atoms with Crippen LogP contribution in [0.4, 0.5) is 0 Å². The molecule has 4 heteroatoms. The zero-order valence-electron chi connectivity index (χ0n) is 11.5. The number of aromatic nitrogens is 2. The SMILES string of the molecule is COC(=O)c1ccc(C=Cc2n[nH]c3ccccc23)cc1. The lowest BCUT2D eigenvalue weighted by Crippen LogP contribution is -2.00. The number of carbonyl (C=O) groups is 1. The van der Waals surface area contributed by atoms with Crippen molar-refractivity contribution in [3.63, 3.8) is 0 Å². The van der Waals surface area contributed by atoms with Crippen molar-refractivity contribution in [2.45, 2.75) is 0 Å². The number of carbonyl (C=O) groups excluding carboxylic acids is 1.